The van der Waals surface area contributed by atoms with Gasteiger partial charge in [-0.1, -0.05) is 29.8 Å². The molecule has 0 bridgehead atoms. The van der Waals surface area contributed by atoms with Crippen LogP contribution >= 0.6 is 11.6 Å². The molecule has 0 saturated carbocycles. The maximum Gasteiger partial charge on any atom is 0.418 e. The Morgan fingerprint density at radius 1 is 0.959 bits per heavy atom. The first-order chi connectivity index (χ1) is 23.5. The highest BCUT2D eigenvalue weighted by Crippen LogP contribution is 2.38. The quantitative estimate of drug-likeness (QED) is 0.382. The van der Waals surface area contributed by atoms with E-state index < -0.39 is 29.5 Å². The van der Waals surface area contributed by atoms with Crippen LogP contribution in [0.15, 0.2) is 36.4 Å². The zero-order valence-electron chi connectivity index (χ0n) is 27.3. The fourth-order valence-corrected chi connectivity index (χ4v) is 7.64. The molecule has 1 atom stereocenters. The van der Waals surface area contributed by atoms with E-state index in [9.17, 15) is 27.6 Å². The monoisotopic (exact) mass is 705 g/mol. The molecule has 2 aromatic carbocycles. The number of amides is 5. The molecule has 4 heterocycles. The van der Waals surface area contributed by atoms with Crippen LogP contribution < -0.4 is 16.4 Å². The van der Waals surface area contributed by atoms with Crippen LogP contribution in [0.2, 0.25) is 5.02 Å². The number of hydrogen-bond donors (Lipinski definition) is 3. The van der Waals surface area contributed by atoms with Crippen molar-refractivity contribution in [1.29, 1.82) is 0 Å². The number of rotatable bonds is 6. The number of nitrogens with two attached hydrogens (primary N) is 1. The molecule has 49 heavy (non-hydrogen) atoms. The van der Waals surface area contributed by atoms with E-state index in [4.69, 9.17) is 22.1 Å². The zero-order chi connectivity index (χ0) is 34.7. The molecular formula is C34H43ClF3N7O4. The first-order valence-electron chi connectivity index (χ1n) is 16.9. The van der Waals surface area contributed by atoms with Crippen molar-refractivity contribution in [2.24, 2.45) is 0 Å². The summed E-state index contributed by atoms with van der Waals surface area (Å²) in [5.41, 5.74) is 6.00. The number of alkyl halides is 3. The van der Waals surface area contributed by atoms with Crippen LogP contribution in [0.5, 0.6) is 0 Å². The molecule has 5 amide bonds. The molecule has 0 radical (unpaired) electrons. The number of ether oxygens (including phenoxy) is 1. The Morgan fingerprint density at radius 2 is 1.65 bits per heavy atom. The second-order valence-corrected chi connectivity index (χ2v) is 13.6. The van der Waals surface area contributed by atoms with Crippen LogP contribution in [0.25, 0.3) is 0 Å². The van der Waals surface area contributed by atoms with Gasteiger partial charge < -0.3 is 35.8 Å². The minimum absolute atomic E-state index is 0.0690. The van der Waals surface area contributed by atoms with E-state index in [0.29, 0.717) is 84.3 Å². The van der Waals surface area contributed by atoms with Crippen molar-refractivity contribution in [3.05, 3.63) is 58.1 Å². The van der Waals surface area contributed by atoms with Crippen molar-refractivity contribution < 1.29 is 32.3 Å². The number of para-hydroxylation sites is 1. The van der Waals surface area contributed by atoms with Gasteiger partial charge in [-0.2, -0.15) is 13.2 Å². The third-order valence-electron chi connectivity index (χ3n) is 10.2. The lowest BCUT2D eigenvalue weighted by atomic mass is 10.00. The van der Waals surface area contributed by atoms with E-state index in [2.05, 4.69) is 15.5 Å². The molecule has 6 rings (SSSR count). The fourth-order valence-electron chi connectivity index (χ4n) is 7.40. The third-order valence-corrected chi connectivity index (χ3v) is 10.5. The smallest absolute Gasteiger partial charge is 0.397 e. The number of nitrogens with zero attached hydrogens (tertiary/aromatic N) is 4. The molecule has 1 unspecified atom stereocenters. The summed E-state index contributed by atoms with van der Waals surface area (Å²) in [5, 5.41) is 5.57. The number of nitrogens with one attached hydrogen (secondary N) is 2. The lowest BCUT2D eigenvalue weighted by Gasteiger charge is -2.42. The summed E-state index contributed by atoms with van der Waals surface area (Å²) in [6.45, 7) is 4.86. The van der Waals surface area contributed by atoms with Crippen molar-refractivity contribution >= 4 is 40.9 Å². The molecule has 0 aromatic heterocycles. The molecule has 2 aromatic rings. The Labute approximate surface area is 288 Å². The Kier molecular flexibility index (Phi) is 10.8. The van der Waals surface area contributed by atoms with Gasteiger partial charge in [-0.15, -0.1) is 0 Å². The number of nitrogen functional groups attached to an aromatic ring is 1. The third kappa shape index (κ3) is 8.18. The summed E-state index contributed by atoms with van der Waals surface area (Å²) in [6.07, 6.45) is -1.27. The highest BCUT2D eigenvalue weighted by molar-refractivity contribution is 6.33. The van der Waals surface area contributed by atoms with Gasteiger partial charge in [0.2, 0.25) is 5.91 Å². The standard InChI is InChI=1S/C34H43ClF3N7O4/c35-27-20-22(19-26(30(27)39)34(36,37)38)21-29(31(46)43-15-13-42(14-16-43)24-8-17-49-18-9-24)41-32(47)44-10-6-25(7-11-44)45-12-5-23-3-1-2-4-28(23)40-33(45)48/h1-4,19-20,24-25,29H,5-18,21,39H2,(H,40,48)(H,41,47). The largest absolute Gasteiger partial charge is 0.418 e. The second kappa shape index (κ2) is 15.0. The topological polar surface area (TPSA) is 123 Å². The minimum atomic E-state index is -4.75. The average molecular weight is 706 g/mol. The molecule has 4 N–H and O–H groups in total. The van der Waals surface area contributed by atoms with Crippen molar-refractivity contribution in [3.63, 3.8) is 0 Å². The lowest BCUT2D eigenvalue weighted by molar-refractivity contribution is -0.137. The summed E-state index contributed by atoms with van der Waals surface area (Å²) in [7, 11) is 0. The number of fused-ring (bicyclic) bond motifs is 1. The van der Waals surface area contributed by atoms with Gasteiger partial charge in [0, 0.05) is 83.2 Å². The number of anilines is 2. The molecule has 266 valence electrons. The van der Waals surface area contributed by atoms with Crippen LogP contribution in [0, 0.1) is 0 Å². The number of piperidine rings is 1. The number of carbonyl (C=O) groups excluding carboxylic acids is 3. The van der Waals surface area contributed by atoms with Gasteiger partial charge in [0.25, 0.3) is 0 Å². The van der Waals surface area contributed by atoms with Gasteiger partial charge >= 0.3 is 18.2 Å². The Balaban J connectivity index is 1.12. The van der Waals surface area contributed by atoms with Gasteiger partial charge in [0.15, 0.2) is 0 Å². The molecular weight excluding hydrogens is 663 g/mol. The molecule has 0 spiro atoms. The maximum atomic E-state index is 14.0. The number of piperazine rings is 1. The number of benzene rings is 2. The van der Waals surface area contributed by atoms with Crippen molar-refractivity contribution in [1.82, 2.24) is 24.9 Å². The lowest BCUT2D eigenvalue weighted by Crippen LogP contribution is -2.59. The van der Waals surface area contributed by atoms with Gasteiger partial charge in [-0.05, 0) is 61.4 Å². The Hall–Kier alpha value is -3.75. The van der Waals surface area contributed by atoms with Crippen molar-refractivity contribution in [2.75, 3.05) is 70.1 Å². The average Bonchev–Trinajstić information content (AvgIpc) is 3.27. The van der Waals surface area contributed by atoms with Gasteiger partial charge in [-0.3, -0.25) is 9.69 Å². The molecule has 3 fully saturated rings. The van der Waals surface area contributed by atoms with Crippen LogP contribution in [0.1, 0.15) is 42.4 Å². The Bertz CT molecular complexity index is 1520. The zero-order valence-corrected chi connectivity index (χ0v) is 28.1. The van der Waals surface area contributed by atoms with Crippen LogP contribution in [0.3, 0.4) is 0 Å². The van der Waals surface area contributed by atoms with Crippen LogP contribution in [-0.2, 0) is 28.5 Å². The van der Waals surface area contributed by atoms with Gasteiger partial charge in [0.05, 0.1) is 16.3 Å². The number of carbonyl (C=O) groups is 3. The Morgan fingerprint density at radius 3 is 2.35 bits per heavy atom. The number of likely N-dealkylation sites (tertiary alicyclic amines) is 1. The molecule has 11 nitrogen and oxygen atoms in total. The maximum absolute atomic E-state index is 14.0. The summed E-state index contributed by atoms with van der Waals surface area (Å²) < 4.78 is 46.9. The van der Waals surface area contributed by atoms with Crippen molar-refractivity contribution in [2.45, 2.75) is 62.8 Å². The molecule has 4 aliphatic heterocycles. The van der Waals surface area contributed by atoms with E-state index in [1.165, 1.54) is 6.07 Å². The van der Waals surface area contributed by atoms with E-state index in [-0.39, 0.29) is 35.0 Å². The van der Waals surface area contributed by atoms with Crippen LogP contribution in [0.4, 0.5) is 34.1 Å². The van der Waals surface area contributed by atoms with Gasteiger partial charge in [0.1, 0.15) is 6.04 Å². The van der Waals surface area contributed by atoms with Crippen molar-refractivity contribution in [3.8, 4) is 0 Å². The van der Waals surface area contributed by atoms with E-state index >= 15 is 0 Å². The first kappa shape index (κ1) is 35.1. The highest BCUT2D eigenvalue weighted by atomic mass is 35.5. The fraction of sp³-hybridized carbons (Fsp3) is 0.559. The summed E-state index contributed by atoms with van der Waals surface area (Å²) in [5.74, 6) is -0.364. The summed E-state index contributed by atoms with van der Waals surface area (Å²) in [6, 6.07) is 8.46. The summed E-state index contributed by atoms with van der Waals surface area (Å²) in [4.78, 5) is 48.1. The number of hydrogen-bond acceptors (Lipinski definition) is 6. The van der Waals surface area contributed by atoms with E-state index in [1.54, 1.807) is 9.80 Å². The number of urea groups is 2. The minimum Gasteiger partial charge on any atom is -0.397 e. The molecule has 3 saturated heterocycles. The molecule has 15 heteroatoms. The predicted octanol–water partition coefficient (Wildman–Crippen LogP) is 4.44. The molecule has 4 aliphatic rings. The second-order valence-electron chi connectivity index (χ2n) is 13.2. The predicted molar refractivity (Wildman–Crippen MR) is 179 cm³/mol. The SMILES string of the molecule is Nc1c(Cl)cc(CC(NC(=O)N2CCC(N3CCc4ccccc4NC3=O)CC2)C(=O)N2CCN(C3CCOCC3)CC2)cc1C(F)(F)F. The highest BCUT2D eigenvalue weighted by Gasteiger charge is 2.37. The van der Waals surface area contributed by atoms with E-state index in [0.717, 1.165) is 30.2 Å². The molecule has 0 aliphatic carbocycles. The normalized spacial score (nSPS) is 20.7. The first-order valence-corrected chi connectivity index (χ1v) is 17.3. The summed E-state index contributed by atoms with van der Waals surface area (Å²) >= 11 is 6.12. The van der Waals surface area contributed by atoms with E-state index in [1.807, 2.05) is 29.2 Å². The number of halogens is 4. The van der Waals surface area contributed by atoms with Crippen LogP contribution in [-0.4, -0.2) is 115 Å². The van der Waals surface area contributed by atoms with Gasteiger partial charge in [-0.25, -0.2) is 9.59 Å².